The predicted octanol–water partition coefficient (Wildman–Crippen LogP) is 2.77. The van der Waals surface area contributed by atoms with Crippen molar-refractivity contribution in [1.82, 2.24) is 0 Å². The van der Waals surface area contributed by atoms with Gasteiger partial charge in [-0.1, -0.05) is 0 Å². The zero-order chi connectivity index (χ0) is 9.84. The number of hydrogen-bond acceptors (Lipinski definition) is 2. The lowest BCUT2D eigenvalue weighted by Crippen LogP contribution is -1.96. The van der Waals surface area contributed by atoms with Crippen molar-refractivity contribution >= 4 is 17.4 Å². The second-order valence-electron chi connectivity index (χ2n) is 2.38. The average molecular weight is 207 g/mol. The lowest BCUT2D eigenvalue weighted by Gasteiger charge is -2.04. The van der Waals surface area contributed by atoms with Crippen LogP contribution in [0.15, 0.2) is 23.1 Å². The Balaban J connectivity index is 2.67. The molecule has 72 valence electrons. The number of halogens is 3. The van der Waals surface area contributed by atoms with Crippen LogP contribution in [0.2, 0.25) is 0 Å². The summed E-state index contributed by atoms with van der Waals surface area (Å²) < 4.78 is 36.1. The van der Waals surface area contributed by atoms with Crippen LogP contribution in [0, 0.1) is 5.82 Å². The van der Waals surface area contributed by atoms with Gasteiger partial charge in [0.25, 0.3) is 0 Å². The quantitative estimate of drug-likeness (QED) is 0.609. The first-order chi connectivity index (χ1) is 6.09. The Bertz CT molecular complexity index is 291. The van der Waals surface area contributed by atoms with Crippen LogP contribution in [-0.2, 0) is 0 Å². The van der Waals surface area contributed by atoms with Gasteiger partial charge in [-0.15, -0.1) is 11.8 Å². The second kappa shape index (κ2) is 4.41. The molecule has 1 nitrogen and oxygen atoms in total. The van der Waals surface area contributed by atoms with E-state index in [1.54, 1.807) is 0 Å². The molecule has 0 atom stereocenters. The average Bonchev–Trinajstić information content (AvgIpc) is 2.02. The normalized spacial score (nSPS) is 10.8. The zero-order valence-corrected chi connectivity index (χ0v) is 7.45. The highest BCUT2D eigenvalue weighted by atomic mass is 32.2. The fourth-order valence-electron chi connectivity index (χ4n) is 0.804. The van der Waals surface area contributed by atoms with Crippen molar-refractivity contribution in [3.8, 4) is 0 Å². The molecule has 0 aliphatic heterocycles. The lowest BCUT2D eigenvalue weighted by atomic mass is 10.3. The number of alkyl halides is 2. The molecule has 1 aromatic carbocycles. The summed E-state index contributed by atoms with van der Waals surface area (Å²) in [5.41, 5.74) is 5.60. The summed E-state index contributed by atoms with van der Waals surface area (Å²) in [6.45, 7) is 0. The first-order valence-electron chi connectivity index (χ1n) is 3.55. The monoisotopic (exact) mass is 207 g/mol. The highest BCUT2D eigenvalue weighted by Gasteiger charge is 2.06. The van der Waals surface area contributed by atoms with Crippen LogP contribution in [0.1, 0.15) is 0 Å². The van der Waals surface area contributed by atoms with Gasteiger partial charge < -0.3 is 5.73 Å². The number of benzene rings is 1. The molecule has 0 aliphatic carbocycles. The standard InChI is InChI=1S/C8H8F3NS/c9-5-1-2-7(6(12)3-5)13-4-8(10)11/h1-3,8H,4,12H2. The molecule has 0 fully saturated rings. The number of rotatable bonds is 3. The molecule has 0 radical (unpaired) electrons. The molecule has 13 heavy (non-hydrogen) atoms. The summed E-state index contributed by atoms with van der Waals surface area (Å²) in [7, 11) is 0. The van der Waals surface area contributed by atoms with Gasteiger partial charge in [0.2, 0.25) is 6.43 Å². The van der Waals surface area contributed by atoms with Crippen molar-refractivity contribution in [3.05, 3.63) is 24.0 Å². The van der Waals surface area contributed by atoms with Crippen molar-refractivity contribution in [2.75, 3.05) is 11.5 Å². The van der Waals surface area contributed by atoms with Gasteiger partial charge >= 0.3 is 0 Å². The first kappa shape index (κ1) is 10.2. The maximum absolute atomic E-state index is 12.5. The van der Waals surface area contributed by atoms with Gasteiger partial charge in [0.1, 0.15) is 5.82 Å². The van der Waals surface area contributed by atoms with E-state index in [0.717, 1.165) is 17.8 Å². The minimum atomic E-state index is -2.38. The fourth-order valence-corrected chi connectivity index (χ4v) is 1.50. The molecule has 5 heteroatoms. The van der Waals surface area contributed by atoms with E-state index in [4.69, 9.17) is 5.73 Å². The van der Waals surface area contributed by atoms with Crippen LogP contribution in [0.5, 0.6) is 0 Å². The van der Waals surface area contributed by atoms with E-state index < -0.39 is 12.2 Å². The van der Waals surface area contributed by atoms with E-state index in [-0.39, 0.29) is 11.4 Å². The van der Waals surface area contributed by atoms with Crippen LogP contribution in [0.3, 0.4) is 0 Å². The SMILES string of the molecule is Nc1cc(F)ccc1SCC(F)F. The van der Waals surface area contributed by atoms with E-state index in [1.165, 1.54) is 12.1 Å². The van der Waals surface area contributed by atoms with Gasteiger partial charge in [-0.05, 0) is 18.2 Å². The van der Waals surface area contributed by atoms with Gasteiger partial charge in [-0.3, -0.25) is 0 Å². The molecule has 0 saturated heterocycles. The number of hydrogen-bond donors (Lipinski definition) is 1. The Hall–Kier alpha value is -0.840. The fraction of sp³-hybridized carbons (Fsp3) is 0.250. The lowest BCUT2D eigenvalue weighted by molar-refractivity contribution is 0.177. The second-order valence-corrected chi connectivity index (χ2v) is 3.45. The molecular weight excluding hydrogens is 199 g/mol. The maximum Gasteiger partial charge on any atom is 0.247 e. The minimum Gasteiger partial charge on any atom is -0.398 e. The third-order valence-electron chi connectivity index (χ3n) is 1.34. The maximum atomic E-state index is 12.5. The molecule has 0 unspecified atom stereocenters. The van der Waals surface area contributed by atoms with E-state index >= 15 is 0 Å². The number of nitrogens with two attached hydrogens (primary N) is 1. The largest absolute Gasteiger partial charge is 0.398 e. The summed E-state index contributed by atoms with van der Waals surface area (Å²) in [6, 6.07) is 3.72. The van der Waals surface area contributed by atoms with Crippen molar-refractivity contribution < 1.29 is 13.2 Å². The molecule has 1 rings (SSSR count). The van der Waals surface area contributed by atoms with Crippen LogP contribution in [-0.4, -0.2) is 12.2 Å². The molecule has 0 aliphatic rings. The summed E-state index contributed by atoms with van der Waals surface area (Å²) in [6.07, 6.45) is -2.38. The highest BCUT2D eigenvalue weighted by molar-refractivity contribution is 7.99. The molecule has 0 heterocycles. The Morgan fingerprint density at radius 2 is 2.08 bits per heavy atom. The van der Waals surface area contributed by atoms with Crippen LogP contribution >= 0.6 is 11.8 Å². The number of anilines is 1. The van der Waals surface area contributed by atoms with Gasteiger partial charge in [0.15, 0.2) is 0 Å². The molecule has 0 bridgehead atoms. The van der Waals surface area contributed by atoms with Crippen molar-refractivity contribution in [3.63, 3.8) is 0 Å². The minimum absolute atomic E-state index is 0.200. The van der Waals surface area contributed by atoms with Crippen LogP contribution in [0.4, 0.5) is 18.9 Å². The van der Waals surface area contributed by atoms with Gasteiger partial charge in [0.05, 0.1) is 5.75 Å². The Labute approximate surface area is 78.1 Å². The predicted molar refractivity (Wildman–Crippen MR) is 47.5 cm³/mol. The van der Waals surface area contributed by atoms with E-state index in [1.807, 2.05) is 0 Å². The Morgan fingerprint density at radius 1 is 1.38 bits per heavy atom. The molecule has 2 N–H and O–H groups in total. The first-order valence-corrected chi connectivity index (χ1v) is 4.54. The van der Waals surface area contributed by atoms with E-state index in [2.05, 4.69) is 0 Å². The van der Waals surface area contributed by atoms with Crippen molar-refractivity contribution in [2.45, 2.75) is 11.3 Å². The molecule has 0 spiro atoms. The number of thioether (sulfide) groups is 1. The van der Waals surface area contributed by atoms with Crippen molar-refractivity contribution in [1.29, 1.82) is 0 Å². The third kappa shape index (κ3) is 3.18. The molecule has 0 amide bonds. The molecule has 1 aromatic rings. The van der Waals surface area contributed by atoms with Crippen LogP contribution in [0.25, 0.3) is 0 Å². The summed E-state index contributed by atoms with van der Waals surface area (Å²) in [5, 5.41) is 0. The van der Waals surface area contributed by atoms with E-state index in [0.29, 0.717) is 4.90 Å². The Morgan fingerprint density at radius 3 is 2.62 bits per heavy atom. The van der Waals surface area contributed by atoms with Crippen LogP contribution < -0.4 is 5.73 Å². The van der Waals surface area contributed by atoms with E-state index in [9.17, 15) is 13.2 Å². The Kier molecular flexibility index (Phi) is 3.48. The molecular formula is C8H8F3NS. The zero-order valence-electron chi connectivity index (χ0n) is 6.64. The summed E-state index contributed by atoms with van der Waals surface area (Å²) >= 11 is 0.922. The summed E-state index contributed by atoms with van der Waals surface area (Å²) in [5.74, 6) is -0.783. The van der Waals surface area contributed by atoms with Crippen molar-refractivity contribution in [2.24, 2.45) is 0 Å². The van der Waals surface area contributed by atoms with Gasteiger partial charge in [-0.25, -0.2) is 13.2 Å². The molecule has 0 aromatic heterocycles. The highest BCUT2D eigenvalue weighted by Crippen LogP contribution is 2.26. The topological polar surface area (TPSA) is 26.0 Å². The smallest absolute Gasteiger partial charge is 0.247 e. The summed E-state index contributed by atoms with van der Waals surface area (Å²) in [4.78, 5) is 0.488. The molecule has 0 saturated carbocycles. The van der Waals surface area contributed by atoms with Gasteiger partial charge in [-0.2, -0.15) is 0 Å². The van der Waals surface area contributed by atoms with Gasteiger partial charge in [0, 0.05) is 10.6 Å². The third-order valence-corrected chi connectivity index (χ3v) is 2.44. The number of nitrogen functional groups attached to an aromatic ring is 1.